The summed E-state index contributed by atoms with van der Waals surface area (Å²) < 4.78 is 5.18. The number of hydrogen-bond acceptors (Lipinski definition) is 1. The Morgan fingerprint density at radius 2 is 0.795 bits per heavy atom. The quantitative estimate of drug-likeness (QED) is 0.183. The highest BCUT2D eigenvalue weighted by atomic mass is 32.1. The maximum absolute atomic E-state index is 2.51. The van der Waals surface area contributed by atoms with Gasteiger partial charge < -0.3 is 4.40 Å². The largest absolute Gasteiger partial charge is 0.308 e. The fraction of sp³-hybridized carbons (Fsp3) is 0. The van der Waals surface area contributed by atoms with Crippen LogP contribution in [0, 0.1) is 0 Å². The van der Waals surface area contributed by atoms with Crippen molar-refractivity contribution in [1.82, 2.24) is 4.40 Å². The van der Waals surface area contributed by atoms with Crippen LogP contribution in [0.5, 0.6) is 0 Å². The van der Waals surface area contributed by atoms with Gasteiger partial charge in [-0.1, -0.05) is 115 Å². The summed E-state index contributed by atoms with van der Waals surface area (Å²) in [6.07, 6.45) is 0. The van der Waals surface area contributed by atoms with E-state index in [1.807, 2.05) is 11.3 Å². The van der Waals surface area contributed by atoms with Crippen molar-refractivity contribution >= 4 is 91.1 Å². The summed E-state index contributed by atoms with van der Waals surface area (Å²) in [6, 6.07) is 56.2. The van der Waals surface area contributed by atoms with Gasteiger partial charge in [0.15, 0.2) is 0 Å². The average molecular weight is 576 g/mol. The second-order valence-electron chi connectivity index (χ2n) is 11.7. The smallest absolute Gasteiger partial charge is 0.0619 e. The Kier molecular flexibility index (Phi) is 4.94. The summed E-state index contributed by atoms with van der Waals surface area (Å²) in [5, 5.41) is 12.8. The fourth-order valence-corrected chi connectivity index (χ4v) is 8.51. The first-order chi connectivity index (χ1) is 21.8. The molecule has 0 radical (unpaired) electrons. The molecule has 44 heavy (non-hydrogen) atoms. The molecule has 10 aromatic rings. The molecular formula is C42H25NS. The molecule has 2 heteroatoms. The molecule has 3 heterocycles. The highest BCUT2D eigenvalue weighted by molar-refractivity contribution is 7.25. The van der Waals surface area contributed by atoms with Gasteiger partial charge in [-0.05, 0) is 69.1 Å². The van der Waals surface area contributed by atoms with Crippen molar-refractivity contribution in [1.29, 1.82) is 0 Å². The van der Waals surface area contributed by atoms with Crippen LogP contribution >= 0.6 is 11.3 Å². The molecule has 0 unspecified atom stereocenters. The number of aromatic nitrogens is 1. The van der Waals surface area contributed by atoms with E-state index in [0.29, 0.717) is 0 Å². The first-order valence-electron chi connectivity index (χ1n) is 15.1. The van der Waals surface area contributed by atoms with Crippen molar-refractivity contribution < 1.29 is 0 Å². The minimum atomic E-state index is 1.21. The Balaban J connectivity index is 1.40. The van der Waals surface area contributed by atoms with Crippen LogP contribution in [0.25, 0.3) is 90.9 Å². The molecular weight excluding hydrogens is 551 g/mol. The molecule has 0 aliphatic carbocycles. The number of thiophene rings is 1. The van der Waals surface area contributed by atoms with Crippen LogP contribution in [0.15, 0.2) is 152 Å². The van der Waals surface area contributed by atoms with E-state index in [-0.39, 0.29) is 0 Å². The second-order valence-corrected chi connectivity index (χ2v) is 12.8. The van der Waals surface area contributed by atoms with Gasteiger partial charge in [-0.25, -0.2) is 0 Å². The van der Waals surface area contributed by atoms with E-state index in [0.717, 1.165) is 0 Å². The number of nitrogens with zero attached hydrogens (tertiary/aromatic N) is 1. The van der Waals surface area contributed by atoms with Crippen LogP contribution in [0.2, 0.25) is 0 Å². The van der Waals surface area contributed by atoms with Gasteiger partial charge in [-0.2, -0.15) is 0 Å². The zero-order valence-electron chi connectivity index (χ0n) is 23.8. The summed E-state index contributed by atoms with van der Waals surface area (Å²) in [5.41, 5.74) is 6.18. The summed E-state index contributed by atoms with van der Waals surface area (Å²) in [7, 11) is 0. The van der Waals surface area contributed by atoms with Gasteiger partial charge >= 0.3 is 0 Å². The molecule has 0 saturated carbocycles. The molecule has 0 spiro atoms. The first kappa shape index (κ1) is 24.0. The van der Waals surface area contributed by atoms with Crippen molar-refractivity contribution in [2.75, 3.05) is 0 Å². The Labute approximate surface area is 257 Å². The zero-order valence-corrected chi connectivity index (χ0v) is 24.6. The third kappa shape index (κ3) is 3.29. The monoisotopic (exact) mass is 575 g/mol. The maximum atomic E-state index is 2.51. The Morgan fingerprint density at radius 1 is 0.318 bits per heavy atom. The van der Waals surface area contributed by atoms with Crippen molar-refractivity contribution in [3.05, 3.63) is 152 Å². The van der Waals surface area contributed by atoms with Crippen LogP contribution in [0.4, 0.5) is 0 Å². The Morgan fingerprint density at radius 3 is 1.55 bits per heavy atom. The summed E-state index contributed by atoms with van der Waals surface area (Å²) in [5.74, 6) is 0. The van der Waals surface area contributed by atoms with E-state index in [2.05, 4.69) is 156 Å². The maximum Gasteiger partial charge on any atom is 0.0619 e. The molecule has 0 bridgehead atoms. The number of para-hydroxylation sites is 2. The number of benzene rings is 7. The average Bonchev–Trinajstić information content (AvgIpc) is 3.64. The number of rotatable bonds is 1. The van der Waals surface area contributed by atoms with Crippen LogP contribution in [0.1, 0.15) is 0 Å². The van der Waals surface area contributed by atoms with Gasteiger partial charge in [0.2, 0.25) is 0 Å². The molecule has 1 nitrogen and oxygen atoms in total. The standard InChI is InChI=1S/C42H25NS/c1-3-12-30-28(10-1)29-11-2-4-13-31(29)34-16-9-17-35-36-24-26(20-22-39(36)43(42(34)35)38-18-7-5-14-32(30)38)27-21-23-41-37(25-27)33-15-6-8-19-40(33)44-41/h1-25H. The Hall–Kier alpha value is -5.44. The third-order valence-electron chi connectivity index (χ3n) is 9.37. The van der Waals surface area contributed by atoms with E-state index in [4.69, 9.17) is 0 Å². The zero-order chi connectivity index (χ0) is 28.8. The fourth-order valence-electron chi connectivity index (χ4n) is 7.42. The predicted octanol–water partition coefficient (Wildman–Crippen LogP) is 12.3. The van der Waals surface area contributed by atoms with Gasteiger partial charge in [0.25, 0.3) is 0 Å². The topological polar surface area (TPSA) is 4.41 Å². The van der Waals surface area contributed by atoms with Crippen LogP contribution in [-0.2, 0) is 0 Å². The van der Waals surface area contributed by atoms with Gasteiger partial charge in [0.05, 0.1) is 16.6 Å². The summed E-state index contributed by atoms with van der Waals surface area (Å²) >= 11 is 1.87. The molecule has 3 aromatic heterocycles. The second kappa shape index (κ2) is 9.03. The molecule has 0 atom stereocenters. The normalized spacial score (nSPS) is 12.1. The lowest BCUT2D eigenvalue weighted by Gasteiger charge is -2.06. The lowest BCUT2D eigenvalue weighted by molar-refractivity contribution is 1.35. The molecule has 0 aliphatic rings. The lowest BCUT2D eigenvalue weighted by Crippen LogP contribution is -1.86. The number of fused-ring (bicyclic) bond motifs is 13. The molecule has 0 aliphatic heterocycles. The van der Waals surface area contributed by atoms with Gasteiger partial charge in [0.1, 0.15) is 0 Å². The minimum absolute atomic E-state index is 1.21. The molecule has 0 fully saturated rings. The van der Waals surface area contributed by atoms with Gasteiger partial charge in [-0.3, -0.25) is 0 Å². The molecule has 10 rings (SSSR count). The van der Waals surface area contributed by atoms with Crippen LogP contribution in [0.3, 0.4) is 0 Å². The van der Waals surface area contributed by atoms with E-state index in [9.17, 15) is 0 Å². The molecule has 0 saturated heterocycles. The highest BCUT2D eigenvalue weighted by Gasteiger charge is 2.16. The first-order valence-corrected chi connectivity index (χ1v) is 15.9. The van der Waals surface area contributed by atoms with E-state index < -0.39 is 0 Å². The molecule has 0 amide bonds. The molecule has 204 valence electrons. The van der Waals surface area contributed by atoms with Gasteiger partial charge in [-0.15, -0.1) is 11.3 Å². The lowest BCUT2D eigenvalue weighted by atomic mass is 9.99. The minimum Gasteiger partial charge on any atom is -0.308 e. The van der Waals surface area contributed by atoms with Crippen molar-refractivity contribution in [2.45, 2.75) is 0 Å². The van der Waals surface area contributed by atoms with E-state index >= 15 is 0 Å². The van der Waals surface area contributed by atoms with Crippen molar-refractivity contribution in [3.63, 3.8) is 0 Å². The molecule has 0 N–H and O–H groups in total. The van der Waals surface area contributed by atoms with E-state index in [1.54, 1.807) is 0 Å². The van der Waals surface area contributed by atoms with E-state index in [1.165, 1.54) is 90.9 Å². The summed E-state index contributed by atoms with van der Waals surface area (Å²) in [4.78, 5) is 0. The third-order valence-corrected chi connectivity index (χ3v) is 10.5. The summed E-state index contributed by atoms with van der Waals surface area (Å²) in [6.45, 7) is 0. The molecule has 7 aromatic carbocycles. The van der Waals surface area contributed by atoms with Crippen LogP contribution in [-0.4, -0.2) is 4.40 Å². The van der Waals surface area contributed by atoms with Crippen LogP contribution < -0.4 is 0 Å². The Bertz CT molecular complexity index is 2830. The highest BCUT2D eigenvalue weighted by Crippen LogP contribution is 2.41. The number of hydrogen-bond donors (Lipinski definition) is 0. The van der Waals surface area contributed by atoms with Crippen molar-refractivity contribution in [2.24, 2.45) is 0 Å². The SMILES string of the molecule is c1ccc2c(c1)sc1ccc(-c3ccc4c(c3)c3cccc5c6ccccc6c6ccccc6c6ccccc6n4c53)cc12. The van der Waals surface area contributed by atoms with Crippen molar-refractivity contribution in [3.8, 4) is 11.1 Å². The predicted molar refractivity (Wildman–Crippen MR) is 192 cm³/mol. The van der Waals surface area contributed by atoms with Gasteiger partial charge in [0, 0.05) is 41.7 Å².